The number of aromatic nitrogens is 1. The maximum absolute atomic E-state index is 11.4. The number of pyridine rings is 1. The van der Waals surface area contributed by atoms with E-state index in [9.17, 15) is 8.42 Å². The van der Waals surface area contributed by atoms with Crippen LogP contribution in [0.2, 0.25) is 0 Å². The van der Waals surface area contributed by atoms with E-state index < -0.39 is 9.84 Å². The van der Waals surface area contributed by atoms with Gasteiger partial charge in [-0.2, -0.15) is 0 Å². The van der Waals surface area contributed by atoms with E-state index in [1.165, 1.54) is 17.4 Å². The van der Waals surface area contributed by atoms with Crippen LogP contribution in [0.5, 0.6) is 5.75 Å². The van der Waals surface area contributed by atoms with Gasteiger partial charge in [0.2, 0.25) is 0 Å². The van der Waals surface area contributed by atoms with Gasteiger partial charge in [0.05, 0.1) is 25.1 Å². The summed E-state index contributed by atoms with van der Waals surface area (Å²) in [5.41, 5.74) is 3.10. The first-order valence-electron chi connectivity index (χ1n) is 9.57. The zero-order valence-electron chi connectivity index (χ0n) is 16.3. The number of methoxy groups -OCH3 is 1. The molecule has 0 bridgehead atoms. The predicted molar refractivity (Wildman–Crippen MR) is 109 cm³/mol. The summed E-state index contributed by atoms with van der Waals surface area (Å²) in [6, 6.07) is 10.1. The second-order valence-corrected chi connectivity index (χ2v) is 9.84. The molecule has 1 aromatic carbocycles. The molecule has 0 saturated carbocycles. The van der Waals surface area contributed by atoms with Gasteiger partial charge < -0.3 is 14.4 Å². The first-order valence-corrected chi connectivity index (χ1v) is 11.6. The summed E-state index contributed by atoms with van der Waals surface area (Å²) in [5.74, 6) is 1.81. The van der Waals surface area contributed by atoms with Crippen LogP contribution in [-0.4, -0.2) is 46.5 Å². The number of piperidine rings is 1. The molecule has 0 N–H and O–H groups in total. The lowest BCUT2D eigenvalue weighted by Crippen LogP contribution is -2.46. The van der Waals surface area contributed by atoms with Gasteiger partial charge in [-0.25, -0.2) is 13.4 Å². The molecule has 6 nitrogen and oxygen atoms in total. The minimum atomic E-state index is -3.05. The zero-order chi connectivity index (χ0) is 19.8. The summed E-state index contributed by atoms with van der Waals surface area (Å²) in [5, 5.41) is 0. The van der Waals surface area contributed by atoms with Crippen LogP contribution >= 0.6 is 0 Å². The van der Waals surface area contributed by atoms with Crippen molar-refractivity contribution in [3.05, 3.63) is 53.2 Å². The van der Waals surface area contributed by atoms with Crippen molar-refractivity contribution in [2.75, 3.05) is 38.0 Å². The summed E-state index contributed by atoms with van der Waals surface area (Å²) in [4.78, 5) is 6.74. The lowest BCUT2D eigenvalue weighted by molar-refractivity contribution is -0.0767. The molecule has 150 valence electrons. The number of rotatable bonds is 4. The van der Waals surface area contributed by atoms with Gasteiger partial charge in [-0.3, -0.25) is 0 Å². The highest BCUT2D eigenvalue weighted by Crippen LogP contribution is 2.43. The molecule has 4 rings (SSSR count). The van der Waals surface area contributed by atoms with Crippen molar-refractivity contribution < 1.29 is 17.9 Å². The number of fused-ring (bicyclic) bond motifs is 2. The minimum Gasteiger partial charge on any atom is -0.497 e. The van der Waals surface area contributed by atoms with E-state index in [1.54, 1.807) is 13.3 Å². The molecule has 0 atom stereocenters. The Kier molecular flexibility index (Phi) is 5.05. The standard InChI is InChI=1S/C21H26N2O4S/c1-26-18-4-5-19-17(13-18)7-12-27-21(19)8-10-23(11-9-21)20-6-3-16(14-22-20)15-28(2,24)25/h3-6,13-14H,7-12,15H2,1-2H3. The molecular formula is C21H26N2O4S. The Morgan fingerprint density at radius 1 is 1.21 bits per heavy atom. The highest BCUT2D eigenvalue weighted by Gasteiger charge is 2.41. The van der Waals surface area contributed by atoms with Crippen LogP contribution < -0.4 is 9.64 Å². The average Bonchev–Trinajstić information content (AvgIpc) is 2.68. The van der Waals surface area contributed by atoms with Crippen molar-refractivity contribution in [2.24, 2.45) is 0 Å². The molecule has 28 heavy (non-hydrogen) atoms. The van der Waals surface area contributed by atoms with Crippen LogP contribution in [0, 0.1) is 0 Å². The maximum Gasteiger partial charge on any atom is 0.151 e. The molecule has 1 saturated heterocycles. The summed E-state index contributed by atoms with van der Waals surface area (Å²) in [6.45, 7) is 2.44. The molecule has 0 unspecified atom stereocenters. The van der Waals surface area contributed by atoms with E-state index in [0.717, 1.165) is 56.1 Å². The topological polar surface area (TPSA) is 68.7 Å². The fraction of sp³-hybridized carbons (Fsp3) is 0.476. The molecule has 1 fully saturated rings. The van der Waals surface area contributed by atoms with E-state index in [4.69, 9.17) is 9.47 Å². The number of hydrogen-bond acceptors (Lipinski definition) is 6. The normalized spacial score (nSPS) is 18.7. The molecule has 3 heterocycles. The van der Waals surface area contributed by atoms with Gasteiger partial charge in [0.15, 0.2) is 9.84 Å². The lowest BCUT2D eigenvalue weighted by atomic mass is 9.79. The fourth-order valence-corrected chi connectivity index (χ4v) is 5.06. The van der Waals surface area contributed by atoms with Gasteiger partial charge in [0.1, 0.15) is 11.6 Å². The Labute approximate surface area is 166 Å². The van der Waals surface area contributed by atoms with Crippen LogP contribution in [0.3, 0.4) is 0 Å². The van der Waals surface area contributed by atoms with E-state index in [1.807, 2.05) is 18.2 Å². The molecule has 2 aliphatic heterocycles. The average molecular weight is 403 g/mol. The van der Waals surface area contributed by atoms with Gasteiger partial charge in [-0.05, 0) is 54.2 Å². The van der Waals surface area contributed by atoms with Crippen molar-refractivity contribution in [1.29, 1.82) is 0 Å². The number of benzene rings is 1. The van der Waals surface area contributed by atoms with Crippen molar-refractivity contribution in [3.8, 4) is 5.75 Å². The fourth-order valence-electron chi connectivity index (χ4n) is 4.29. The molecule has 0 amide bonds. The maximum atomic E-state index is 11.4. The largest absolute Gasteiger partial charge is 0.497 e. The number of hydrogen-bond donors (Lipinski definition) is 0. The highest BCUT2D eigenvalue weighted by molar-refractivity contribution is 7.89. The Bertz CT molecular complexity index is 949. The molecule has 0 radical (unpaired) electrons. The third-order valence-electron chi connectivity index (χ3n) is 5.69. The van der Waals surface area contributed by atoms with Crippen LogP contribution in [0.1, 0.15) is 29.5 Å². The molecule has 7 heteroatoms. The van der Waals surface area contributed by atoms with Gasteiger partial charge in [-0.1, -0.05) is 12.1 Å². The summed E-state index contributed by atoms with van der Waals surface area (Å²) in [6.07, 6.45) is 5.63. The van der Waals surface area contributed by atoms with Crippen LogP contribution in [-0.2, 0) is 32.3 Å². The van der Waals surface area contributed by atoms with E-state index >= 15 is 0 Å². The number of sulfone groups is 1. The Morgan fingerprint density at radius 2 is 2.00 bits per heavy atom. The van der Waals surface area contributed by atoms with Crippen molar-refractivity contribution in [3.63, 3.8) is 0 Å². The Hall–Kier alpha value is -2.12. The molecule has 1 aromatic heterocycles. The van der Waals surface area contributed by atoms with Crippen molar-refractivity contribution in [1.82, 2.24) is 4.98 Å². The van der Waals surface area contributed by atoms with E-state index in [0.29, 0.717) is 0 Å². The van der Waals surface area contributed by atoms with Crippen molar-refractivity contribution in [2.45, 2.75) is 30.6 Å². The number of anilines is 1. The predicted octanol–water partition coefficient (Wildman–Crippen LogP) is 2.70. The van der Waals surface area contributed by atoms with Crippen LogP contribution in [0.15, 0.2) is 36.5 Å². The summed E-state index contributed by atoms with van der Waals surface area (Å²) < 4.78 is 34.6. The molecule has 1 spiro atoms. The monoisotopic (exact) mass is 402 g/mol. The third-order valence-corrected chi connectivity index (χ3v) is 6.54. The summed E-state index contributed by atoms with van der Waals surface area (Å²) in [7, 11) is -1.35. The molecule has 0 aliphatic carbocycles. The SMILES string of the molecule is COc1ccc2c(c1)CCOC21CCN(c2ccc(CS(C)(=O)=O)cn2)CC1. The number of nitrogens with zero attached hydrogens (tertiary/aromatic N) is 2. The lowest BCUT2D eigenvalue weighted by Gasteiger charge is -2.45. The van der Waals surface area contributed by atoms with Gasteiger partial charge in [0, 0.05) is 25.5 Å². The second-order valence-electron chi connectivity index (χ2n) is 7.70. The first kappa shape index (κ1) is 19.2. The first-order chi connectivity index (χ1) is 13.4. The van der Waals surface area contributed by atoms with E-state index in [2.05, 4.69) is 22.0 Å². The van der Waals surface area contributed by atoms with Gasteiger partial charge >= 0.3 is 0 Å². The number of ether oxygens (including phenoxy) is 2. The van der Waals surface area contributed by atoms with E-state index in [-0.39, 0.29) is 11.4 Å². The third kappa shape index (κ3) is 3.86. The van der Waals surface area contributed by atoms with Crippen LogP contribution in [0.4, 0.5) is 5.82 Å². The zero-order valence-corrected chi connectivity index (χ0v) is 17.2. The quantitative estimate of drug-likeness (QED) is 0.783. The molecular weight excluding hydrogens is 376 g/mol. The van der Waals surface area contributed by atoms with Gasteiger partial charge in [-0.15, -0.1) is 0 Å². The Balaban J connectivity index is 1.48. The highest BCUT2D eigenvalue weighted by atomic mass is 32.2. The second kappa shape index (κ2) is 7.37. The van der Waals surface area contributed by atoms with Gasteiger partial charge in [0.25, 0.3) is 0 Å². The molecule has 2 aliphatic rings. The van der Waals surface area contributed by atoms with Crippen LogP contribution in [0.25, 0.3) is 0 Å². The summed E-state index contributed by atoms with van der Waals surface area (Å²) >= 11 is 0. The van der Waals surface area contributed by atoms with Crippen molar-refractivity contribution >= 4 is 15.7 Å². The Morgan fingerprint density at radius 3 is 2.64 bits per heavy atom. The smallest absolute Gasteiger partial charge is 0.151 e. The molecule has 2 aromatic rings. The minimum absolute atomic E-state index is 0.0253.